The van der Waals surface area contributed by atoms with Gasteiger partial charge in [-0.1, -0.05) is 11.3 Å². The summed E-state index contributed by atoms with van der Waals surface area (Å²) in [5, 5.41) is 0.628. The zero-order chi connectivity index (χ0) is 22.5. The molecule has 0 saturated carbocycles. The van der Waals surface area contributed by atoms with Gasteiger partial charge in [-0.05, 0) is 36.4 Å². The number of hydrogen-bond acceptors (Lipinski definition) is 8. The van der Waals surface area contributed by atoms with E-state index in [-0.39, 0.29) is 18.3 Å². The third-order valence-electron chi connectivity index (χ3n) is 5.36. The van der Waals surface area contributed by atoms with Crippen molar-refractivity contribution in [2.75, 3.05) is 58.5 Å². The van der Waals surface area contributed by atoms with Crippen molar-refractivity contribution in [3.63, 3.8) is 0 Å². The second kappa shape index (κ2) is 11.4. The maximum atomic E-state index is 13.5. The van der Waals surface area contributed by atoms with Crippen molar-refractivity contribution >= 4 is 51.0 Å². The monoisotopic (exact) mass is 491 g/mol. The number of fused-ring (bicyclic) bond motifs is 1. The number of amides is 1. The summed E-state index contributed by atoms with van der Waals surface area (Å²) in [5.74, 6) is 0.118. The van der Waals surface area contributed by atoms with Crippen LogP contribution in [0.25, 0.3) is 10.2 Å². The molecule has 2 aromatic carbocycles. The number of carbonyl (C=O) groups excluding carboxylic acids is 2. The van der Waals surface area contributed by atoms with Gasteiger partial charge >= 0.3 is 5.97 Å². The Labute approximate surface area is 202 Å². The molecule has 0 unspecified atom stereocenters. The second-order valence-electron chi connectivity index (χ2n) is 7.31. The minimum absolute atomic E-state index is 0. The number of morpholine rings is 1. The van der Waals surface area contributed by atoms with E-state index in [1.165, 1.54) is 18.4 Å². The number of anilines is 1. The Morgan fingerprint density at radius 1 is 1.09 bits per heavy atom. The van der Waals surface area contributed by atoms with Crippen LogP contribution in [0, 0.1) is 0 Å². The van der Waals surface area contributed by atoms with Crippen LogP contribution in [0.3, 0.4) is 0 Å². The topological polar surface area (TPSA) is 81.2 Å². The van der Waals surface area contributed by atoms with Crippen LogP contribution in [0.5, 0.6) is 5.75 Å². The number of thiazole rings is 1. The summed E-state index contributed by atoms with van der Waals surface area (Å²) in [6.45, 7) is 4.29. The molecule has 0 atom stereocenters. The van der Waals surface area contributed by atoms with Gasteiger partial charge in [-0.3, -0.25) is 14.6 Å². The van der Waals surface area contributed by atoms with Crippen LogP contribution in [0.2, 0.25) is 0 Å². The van der Waals surface area contributed by atoms with Crippen molar-refractivity contribution in [1.82, 2.24) is 9.88 Å². The molecule has 33 heavy (non-hydrogen) atoms. The minimum Gasteiger partial charge on any atom is -0.497 e. The molecule has 4 rings (SSSR count). The highest BCUT2D eigenvalue weighted by atomic mass is 35.5. The first-order valence-corrected chi connectivity index (χ1v) is 11.2. The first-order valence-electron chi connectivity index (χ1n) is 10.3. The number of hydrogen-bond donors (Lipinski definition) is 0. The fourth-order valence-electron chi connectivity index (χ4n) is 3.51. The highest BCUT2D eigenvalue weighted by Gasteiger charge is 2.23. The van der Waals surface area contributed by atoms with Gasteiger partial charge in [-0.25, -0.2) is 9.78 Å². The Balaban J connectivity index is 0.00000306. The lowest BCUT2D eigenvalue weighted by Crippen LogP contribution is -2.43. The van der Waals surface area contributed by atoms with Crippen molar-refractivity contribution in [3.05, 3.63) is 53.6 Å². The van der Waals surface area contributed by atoms with Crippen LogP contribution < -0.4 is 9.64 Å². The summed E-state index contributed by atoms with van der Waals surface area (Å²) in [6, 6.07) is 12.2. The summed E-state index contributed by atoms with van der Waals surface area (Å²) in [5.41, 5.74) is 1.67. The summed E-state index contributed by atoms with van der Waals surface area (Å²) >= 11 is 1.47. The maximum Gasteiger partial charge on any atom is 0.337 e. The minimum atomic E-state index is -0.437. The SMILES string of the molecule is COC(=O)c1ccc(C(=O)N(CCN2CCOCC2)c2nc3cc(OC)ccc3s2)cc1.Cl. The van der Waals surface area contributed by atoms with E-state index in [1.54, 1.807) is 36.3 Å². The van der Waals surface area contributed by atoms with Crippen LogP contribution >= 0.6 is 23.7 Å². The molecular formula is C23H26ClN3O5S. The van der Waals surface area contributed by atoms with Crippen molar-refractivity contribution in [1.29, 1.82) is 0 Å². The van der Waals surface area contributed by atoms with E-state index in [1.807, 2.05) is 18.2 Å². The first kappa shape index (κ1) is 24.9. The van der Waals surface area contributed by atoms with Crippen molar-refractivity contribution in [2.45, 2.75) is 0 Å². The molecule has 0 aliphatic carbocycles. The van der Waals surface area contributed by atoms with Gasteiger partial charge in [-0.2, -0.15) is 0 Å². The average Bonchev–Trinajstić information content (AvgIpc) is 3.27. The number of benzene rings is 2. The van der Waals surface area contributed by atoms with E-state index in [2.05, 4.69) is 4.90 Å². The third kappa shape index (κ3) is 5.80. The van der Waals surface area contributed by atoms with Crippen molar-refractivity contribution in [3.8, 4) is 5.75 Å². The zero-order valence-electron chi connectivity index (χ0n) is 18.5. The molecule has 2 heterocycles. The maximum absolute atomic E-state index is 13.5. The molecule has 8 nitrogen and oxygen atoms in total. The van der Waals surface area contributed by atoms with E-state index < -0.39 is 5.97 Å². The molecule has 176 valence electrons. The van der Waals surface area contributed by atoms with Gasteiger partial charge in [0, 0.05) is 37.8 Å². The molecule has 3 aromatic rings. The number of ether oxygens (including phenoxy) is 3. The van der Waals surface area contributed by atoms with E-state index in [4.69, 9.17) is 19.2 Å². The number of esters is 1. The van der Waals surface area contributed by atoms with Gasteiger partial charge in [0.25, 0.3) is 5.91 Å². The molecule has 1 fully saturated rings. The van der Waals surface area contributed by atoms with Crippen molar-refractivity contribution in [2.24, 2.45) is 0 Å². The molecule has 1 aliphatic heterocycles. The van der Waals surface area contributed by atoms with Gasteiger partial charge in [0.1, 0.15) is 5.75 Å². The Kier molecular flexibility index (Phi) is 8.62. The molecule has 0 N–H and O–H groups in total. The number of nitrogens with zero attached hydrogens (tertiary/aromatic N) is 3. The summed E-state index contributed by atoms with van der Waals surface area (Å²) in [6.07, 6.45) is 0. The van der Waals surface area contributed by atoms with E-state index >= 15 is 0 Å². The van der Waals surface area contributed by atoms with Gasteiger partial charge in [0.2, 0.25) is 0 Å². The van der Waals surface area contributed by atoms with Gasteiger partial charge in [0.15, 0.2) is 5.13 Å². The first-order chi connectivity index (χ1) is 15.6. The Morgan fingerprint density at radius 2 is 1.79 bits per heavy atom. The van der Waals surface area contributed by atoms with E-state index in [0.29, 0.717) is 42.6 Å². The van der Waals surface area contributed by atoms with Crippen LogP contribution in [0.4, 0.5) is 5.13 Å². The number of rotatable bonds is 7. The lowest BCUT2D eigenvalue weighted by Gasteiger charge is -2.29. The van der Waals surface area contributed by atoms with Crippen LogP contribution in [-0.4, -0.2) is 75.4 Å². The Bertz CT molecular complexity index is 1100. The predicted molar refractivity (Wildman–Crippen MR) is 130 cm³/mol. The molecule has 1 aliphatic rings. The predicted octanol–water partition coefficient (Wildman–Crippen LogP) is 3.49. The quantitative estimate of drug-likeness (QED) is 0.468. The zero-order valence-corrected chi connectivity index (χ0v) is 20.1. The molecular weight excluding hydrogens is 466 g/mol. The summed E-state index contributed by atoms with van der Waals surface area (Å²) in [4.78, 5) is 33.9. The summed E-state index contributed by atoms with van der Waals surface area (Å²) < 4.78 is 16.5. The molecule has 1 amide bonds. The normalized spacial score (nSPS) is 13.9. The largest absolute Gasteiger partial charge is 0.497 e. The van der Waals surface area contributed by atoms with Gasteiger partial charge < -0.3 is 14.2 Å². The molecule has 0 spiro atoms. The number of aromatic nitrogens is 1. The molecule has 0 radical (unpaired) electrons. The lowest BCUT2D eigenvalue weighted by molar-refractivity contribution is 0.0391. The Hall–Kier alpha value is -2.72. The number of halogens is 1. The fourth-order valence-corrected chi connectivity index (χ4v) is 4.48. The van der Waals surface area contributed by atoms with Crippen LogP contribution in [0.1, 0.15) is 20.7 Å². The van der Waals surface area contributed by atoms with Gasteiger partial charge in [-0.15, -0.1) is 12.4 Å². The second-order valence-corrected chi connectivity index (χ2v) is 8.32. The van der Waals surface area contributed by atoms with E-state index in [0.717, 1.165) is 29.1 Å². The Morgan fingerprint density at radius 3 is 2.45 bits per heavy atom. The average molecular weight is 492 g/mol. The van der Waals surface area contributed by atoms with E-state index in [9.17, 15) is 9.59 Å². The van der Waals surface area contributed by atoms with Gasteiger partial charge in [0.05, 0.1) is 43.2 Å². The smallest absolute Gasteiger partial charge is 0.337 e. The summed E-state index contributed by atoms with van der Waals surface area (Å²) in [7, 11) is 2.95. The molecule has 0 bridgehead atoms. The van der Waals surface area contributed by atoms with Crippen LogP contribution in [0.15, 0.2) is 42.5 Å². The van der Waals surface area contributed by atoms with Crippen LogP contribution in [-0.2, 0) is 9.47 Å². The lowest BCUT2D eigenvalue weighted by atomic mass is 10.1. The highest BCUT2D eigenvalue weighted by molar-refractivity contribution is 7.22. The standard InChI is InChI=1S/C23H25N3O5S.ClH/c1-29-18-7-8-20-19(15-18)24-23(32-20)26(10-9-25-11-13-31-14-12-25)21(27)16-3-5-17(6-4-16)22(28)30-2;/h3-8,15H,9-14H2,1-2H3;1H. The highest BCUT2D eigenvalue weighted by Crippen LogP contribution is 2.32. The number of carbonyl (C=O) groups is 2. The van der Waals surface area contributed by atoms with Crippen molar-refractivity contribution < 1.29 is 23.8 Å². The molecule has 1 aromatic heterocycles. The fraction of sp³-hybridized carbons (Fsp3) is 0.348. The number of methoxy groups -OCH3 is 2. The molecule has 10 heteroatoms. The molecule has 1 saturated heterocycles. The third-order valence-corrected chi connectivity index (χ3v) is 6.42.